The number of nitrogens with one attached hydrogen (secondary N) is 1. The molecule has 3 fully saturated rings. The number of hydrogen-bond donors (Lipinski definition) is 1. The van der Waals surface area contributed by atoms with Gasteiger partial charge in [0, 0.05) is 44.3 Å². The molecule has 3 aliphatic heterocycles. The minimum absolute atomic E-state index is 0.469. The fraction of sp³-hybridized carbons (Fsp3) is 1.00. The van der Waals surface area contributed by atoms with Gasteiger partial charge in [0.05, 0.1) is 0 Å². The van der Waals surface area contributed by atoms with Gasteiger partial charge in [0.15, 0.2) is 0 Å². The Morgan fingerprint density at radius 2 is 1.89 bits per heavy atom. The lowest BCUT2D eigenvalue weighted by atomic mass is 9.71. The Morgan fingerprint density at radius 3 is 2.56 bits per heavy atom. The molecule has 0 amide bonds. The number of hydrogen-bond acceptors (Lipinski definition) is 3. The predicted octanol–water partition coefficient (Wildman–Crippen LogP) is 1.88. The van der Waals surface area contributed by atoms with Crippen molar-refractivity contribution in [1.29, 1.82) is 0 Å². The number of rotatable bonds is 2. The molecule has 0 aromatic carbocycles. The maximum atomic E-state index is 5.49. The quantitative estimate of drug-likeness (QED) is 0.812. The Labute approximate surface area is 111 Å². The second kappa shape index (κ2) is 4.77. The molecule has 3 saturated heterocycles. The lowest BCUT2D eigenvalue weighted by Crippen LogP contribution is -2.63. The van der Waals surface area contributed by atoms with E-state index in [1.165, 1.54) is 51.9 Å². The molecule has 1 N–H and O–H groups in total. The minimum atomic E-state index is 0.469. The standard InChI is InChI=1S/C15H28N2O/c1-14(2)4-3-7-16-13(14)10-17-11-15(12-17)5-8-18-9-6-15/h13,16H,3-12H2,1-2H3. The van der Waals surface area contributed by atoms with Crippen LogP contribution in [0.15, 0.2) is 0 Å². The first-order valence-electron chi connectivity index (χ1n) is 7.63. The van der Waals surface area contributed by atoms with Gasteiger partial charge in [0.25, 0.3) is 0 Å². The van der Waals surface area contributed by atoms with Crippen LogP contribution in [-0.4, -0.2) is 50.3 Å². The summed E-state index contributed by atoms with van der Waals surface area (Å²) in [7, 11) is 0. The van der Waals surface area contributed by atoms with Crippen LogP contribution < -0.4 is 5.32 Å². The molecule has 1 spiro atoms. The molecule has 0 radical (unpaired) electrons. The minimum Gasteiger partial charge on any atom is -0.381 e. The van der Waals surface area contributed by atoms with Crippen molar-refractivity contribution in [2.24, 2.45) is 10.8 Å². The Morgan fingerprint density at radius 1 is 1.17 bits per heavy atom. The smallest absolute Gasteiger partial charge is 0.0472 e. The van der Waals surface area contributed by atoms with Gasteiger partial charge in [0.1, 0.15) is 0 Å². The molecule has 104 valence electrons. The highest BCUT2D eigenvalue weighted by molar-refractivity contribution is 4.99. The van der Waals surface area contributed by atoms with Crippen LogP contribution in [0.4, 0.5) is 0 Å². The van der Waals surface area contributed by atoms with Gasteiger partial charge in [-0.15, -0.1) is 0 Å². The first kappa shape index (κ1) is 12.9. The van der Waals surface area contributed by atoms with Crippen molar-refractivity contribution >= 4 is 0 Å². The molecule has 0 aromatic rings. The molecule has 0 bridgehead atoms. The van der Waals surface area contributed by atoms with Gasteiger partial charge in [-0.25, -0.2) is 0 Å². The van der Waals surface area contributed by atoms with Crippen molar-refractivity contribution in [2.45, 2.75) is 45.6 Å². The molecule has 1 unspecified atom stereocenters. The summed E-state index contributed by atoms with van der Waals surface area (Å²) in [5.74, 6) is 0. The highest BCUT2D eigenvalue weighted by Crippen LogP contribution is 2.41. The third-order valence-electron chi connectivity index (χ3n) is 5.44. The summed E-state index contributed by atoms with van der Waals surface area (Å²) in [5, 5.41) is 3.73. The SMILES string of the molecule is CC1(C)CCCNC1CN1CC2(CCOCC2)C1. The first-order valence-corrected chi connectivity index (χ1v) is 7.63. The topological polar surface area (TPSA) is 24.5 Å². The largest absolute Gasteiger partial charge is 0.381 e. The normalized spacial score (nSPS) is 35.3. The summed E-state index contributed by atoms with van der Waals surface area (Å²) in [6.07, 6.45) is 5.28. The molecular weight excluding hydrogens is 224 g/mol. The summed E-state index contributed by atoms with van der Waals surface area (Å²) in [6, 6.07) is 0.684. The van der Waals surface area contributed by atoms with Gasteiger partial charge >= 0.3 is 0 Å². The third kappa shape index (κ3) is 2.45. The Balaban J connectivity index is 1.50. The van der Waals surface area contributed by atoms with Gasteiger partial charge in [0.2, 0.25) is 0 Å². The van der Waals surface area contributed by atoms with Gasteiger partial charge in [-0.05, 0) is 37.6 Å². The van der Waals surface area contributed by atoms with Crippen LogP contribution in [0.2, 0.25) is 0 Å². The highest BCUT2D eigenvalue weighted by atomic mass is 16.5. The lowest BCUT2D eigenvalue weighted by Gasteiger charge is -2.54. The van der Waals surface area contributed by atoms with E-state index < -0.39 is 0 Å². The van der Waals surface area contributed by atoms with E-state index in [0.717, 1.165) is 13.2 Å². The zero-order chi connectivity index (χ0) is 12.6. The maximum absolute atomic E-state index is 5.49. The maximum Gasteiger partial charge on any atom is 0.0472 e. The number of ether oxygens (including phenoxy) is 1. The van der Waals surface area contributed by atoms with Crippen LogP contribution in [0.5, 0.6) is 0 Å². The lowest BCUT2D eigenvalue weighted by molar-refractivity contribution is -0.0880. The van der Waals surface area contributed by atoms with Gasteiger partial charge in [-0.3, -0.25) is 0 Å². The van der Waals surface area contributed by atoms with Crippen molar-refractivity contribution in [2.75, 3.05) is 39.4 Å². The number of nitrogens with zero attached hydrogens (tertiary/aromatic N) is 1. The van der Waals surface area contributed by atoms with E-state index in [2.05, 4.69) is 24.1 Å². The Bertz CT molecular complexity index is 289. The second-order valence-corrected chi connectivity index (χ2v) is 7.38. The van der Waals surface area contributed by atoms with E-state index in [4.69, 9.17) is 4.74 Å². The first-order chi connectivity index (χ1) is 8.60. The summed E-state index contributed by atoms with van der Waals surface area (Å²) < 4.78 is 5.49. The fourth-order valence-electron chi connectivity index (χ4n) is 3.99. The third-order valence-corrected chi connectivity index (χ3v) is 5.44. The average Bonchev–Trinajstić information content (AvgIpc) is 2.31. The van der Waals surface area contributed by atoms with E-state index in [1.54, 1.807) is 0 Å². The fourth-order valence-corrected chi connectivity index (χ4v) is 3.99. The van der Waals surface area contributed by atoms with Crippen molar-refractivity contribution < 1.29 is 4.74 Å². The summed E-state index contributed by atoms with van der Waals surface area (Å²) in [6.45, 7) is 11.9. The van der Waals surface area contributed by atoms with Crippen LogP contribution in [0.3, 0.4) is 0 Å². The molecule has 3 nitrogen and oxygen atoms in total. The van der Waals surface area contributed by atoms with Crippen molar-refractivity contribution in [1.82, 2.24) is 10.2 Å². The van der Waals surface area contributed by atoms with Crippen molar-refractivity contribution in [3.05, 3.63) is 0 Å². The van der Waals surface area contributed by atoms with E-state index in [1.807, 2.05) is 0 Å². The van der Waals surface area contributed by atoms with Crippen molar-refractivity contribution in [3.8, 4) is 0 Å². The molecule has 18 heavy (non-hydrogen) atoms. The monoisotopic (exact) mass is 252 g/mol. The highest BCUT2D eigenvalue weighted by Gasteiger charge is 2.45. The predicted molar refractivity (Wildman–Crippen MR) is 73.7 cm³/mol. The van der Waals surface area contributed by atoms with Crippen LogP contribution in [-0.2, 0) is 4.74 Å². The molecular formula is C15H28N2O. The zero-order valence-corrected chi connectivity index (χ0v) is 12.0. The molecule has 0 aliphatic carbocycles. The summed E-state index contributed by atoms with van der Waals surface area (Å²) in [4.78, 5) is 2.66. The molecule has 3 heterocycles. The van der Waals surface area contributed by atoms with Crippen LogP contribution in [0.25, 0.3) is 0 Å². The molecule has 3 rings (SSSR count). The summed E-state index contributed by atoms with van der Waals surface area (Å²) >= 11 is 0. The van der Waals surface area contributed by atoms with Gasteiger partial charge < -0.3 is 15.0 Å². The van der Waals surface area contributed by atoms with Gasteiger partial charge in [-0.2, -0.15) is 0 Å². The van der Waals surface area contributed by atoms with Gasteiger partial charge in [-0.1, -0.05) is 13.8 Å². The summed E-state index contributed by atoms with van der Waals surface area (Å²) in [5.41, 5.74) is 1.09. The van der Waals surface area contributed by atoms with E-state index >= 15 is 0 Å². The van der Waals surface area contributed by atoms with Crippen LogP contribution in [0, 0.1) is 10.8 Å². The van der Waals surface area contributed by atoms with E-state index in [-0.39, 0.29) is 0 Å². The van der Waals surface area contributed by atoms with Crippen LogP contribution >= 0.6 is 0 Å². The Kier molecular flexibility index (Phi) is 3.41. The Hall–Kier alpha value is -0.120. The molecule has 3 heteroatoms. The second-order valence-electron chi connectivity index (χ2n) is 7.38. The van der Waals surface area contributed by atoms with Crippen LogP contribution in [0.1, 0.15) is 39.5 Å². The molecule has 3 aliphatic rings. The molecule has 0 saturated carbocycles. The average molecular weight is 252 g/mol. The molecule has 1 atom stereocenters. The van der Waals surface area contributed by atoms with Crippen molar-refractivity contribution in [3.63, 3.8) is 0 Å². The number of likely N-dealkylation sites (tertiary alicyclic amines) is 1. The number of piperidine rings is 1. The zero-order valence-electron chi connectivity index (χ0n) is 12.0. The molecule has 0 aromatic heterocycles. The van der Waals surface area contributed by atoms with E-state index in [9.17, 15) is 0 Å². The van der Waals surface area contributed by atoms with E-state index in [0.29, 0.717) is 16.9 Å².